The molecule has 1 rings (SSSR count). The highest BCUT2D eigenvalue weighted by Gasteiger charge is 2.14. The third kappa shape index (κ3) is 2.08. The van der Waals surface area contributed by atoms with Crippen LogP contribution in [-0.4, -0.2) is 18.2 Å². The first-order chi connectivity index (χ1) is 6.22. The maximum Gasteiger partial charge on any atom is 0.348 e. The van der Waals surface area contributed by atoms with Gasteiger partial charge in [-0.05, 0) is 18.1 Å². The first-order valence-electron chi connectivity index (χ1n) is 4.03. The van der Waals surface area contributed by atoms with Crippen LogP contribution in [0.5, 0.6) is 0 Å². The van der Waals surface area contributed by atoms with Gasteiger partial charge in [-0.25, -0.2) is 4.79 Å². The van der Waals surface area contributed by atoms with Crippen LogP contribution >= 0.6 is 11.3 Å². The largest absolute Gasteiger partial charge is 0.465 e. The van der Waals surface area contributed by atoms with Crippen molar-refractivity contribution in [2.24, 2.45) is 0 Å². The summed E-state index contributed by atoms with van der Waals surface area (Å²) in [6.45, 7) is 1.95. The van der Waals surface area contributed by atoms with Crippen molar-refractivity contribution in [3.05, 3.63) is 21.4 Å². The minimum Gasteiger partial charge on any atom is -0.465 e. The number of rotatable bonds is 3. The van der Waals surface area contributed by atoms with Crippen LogP contribution < -0.4 is 0 Å². The molecule has 13 heavy (non-hydrogen) atoms. The molecule has 0 spiro atoms. The predicted molar refractivity (Wildman–Crippen MR) is 51.0 cm³/mol. The van der Waals surface area contributed by atoms with Crippen molar-refractivity contribution in [1.29, 1.82) is 0 Å². The summed E-state index contributed by atoms with van der Waals surface area (Å²) in [7, 11) is 1.36. The van der Waals surface area contributed by atoms with Crippen molar-refractivity contribution in [2.45, 2.75) is 20.0 Å². The lowest BCUT2D eigenvalue weighted by molar-refractivity contribution is 0.0605. The van der Waals surface area contributed by atoms with Crippen LogP contribution in [0, 0.1) is 0 Å². The van der Waals surface area contributed by atoms with Crippen LogP contribution in [0.1, 0.15) is 27.0 Å². The van der Waals surface area contributed by atoms with Crippen LogP contribution in [0.2, 0.25) is 0 Å². The number of aliphatic hydroxyl groups is 1. The quantitative estimate of drug-likeness (QED) is 0.754. The molecule has 0 bridgehead atoms. The summed E-state index contributed by atoms with van der Waals surface area (Å²) < 4.78 is 4.63. The molecular weight excluding hydrogens is 188 g/mol. The van der Waals surface area contributed by atoms with Gasteiger partial charge in [0.2, 0.25) is 0 Å². The van der Waals surface area contributed by atoms with Gasteiger partial charge in [0.1, 0.15) is 4.88 Å². The fourth-order valence-electron chi connectivity index (χ4n) is 1.09. The molecule has 0 unspecified atom stereocenters. The predicted octanol–water partition coefficient (Wildman–Crippen LogP) is 1.59. The molecular formula is C9H12O3S. The molecule has 0 saturated carbocycles. The Bertz CT molecular complexity index is 304. The van der Waals surface area contributed by atoms with E-state index in [1.54, 1.807) is 0 Å². The number of hydrogen-bond acceptors (Lipinski definition) is 4. The molecule has 4 heteroatoms. The van der Waals surface area contributed by atoms with Gasteiger partial charge in [0.05, 0.1) is 13.7 Å². The van der Waals surface area contributed by atoms with Gasteiger partial charge in [0.25, 0.3) is 0 Å². The highest BCUT2D eigenvalue weighted by molar-refractivity contribution is 7.14. The molecule has 3 nitrogen and oxygen atoms in total. The lowest BCUT2D eigenvalue weighted by Crippen LogP contribution is -2.00. The van der Waals surface area contributed by atoms with Gasteiger partial charge in [0.15, 0.2) is 0 Å². The Morgan fingerprint density at radius 3 is 2.85 bits per heavy atom. The third-order valence-electron chi connectivity index (χ3n) is 1.77. The van der Waals surface area contributed by atoms with Crippen LogP contribution in [-0.2, 0) is 17.8 Å². The van der Waals surface area contributed by atoms with Gasteiger partial charge in [-0.1, -0.05) is 6.92 Å². The maximum absolute atomic E-state index is 11.2. The number of carbonyl (C=O) groups is 1. The first-order valence-corrected chi connectivity index (χ1v) is 4.85. The van der Waals surface area contributed by atoms with E-state index >= 15 is 0 Å². The Labute approximate surface area is 81.0 Å². The lowest BCUT2D eigenvalue weighted by atomic mass is 10.2. The second-order valence-corrected chi connectivity index (χ2v) is 3.71. The molecule has 0 aromatic carbocycles. The summed E-state index contributed by atoms with van der Waals surface area (Å²) in [5.74, 6) is -0.318. The summed E-state index contributed by atoms with van der Waals surface area (Å²) in [5.41, 5.74) is 0.945. The minimum absolute atomic E-state index is 0.0192. The second kappa shape index (κ2) is 4.39. The molecule has 72 valence electrons. The SMILES string of the molecule is CCc1cc(CO)sc1C(=O)OC. The molecule has 0 saturated heterocycles. The Balaban J connectivity index is 3.03. The van der Waals surface area contributed by atoms with Crippen molar-refractivity contribution in [3.63, 3.8) is 0 Å². The third-order valence-corrected chi connectivity index (χ3v) is 2.91. The van der Waals surface area contributed by atoms with Crippen molar-refractivity contribution in [1.82, 2.24) is 0 Å². The van der Waals surface area contributed by atoms with Crippen LogP contribution in [0.4, 0.5) is 0 Å². The van der Waals surface area contributed by atoms with Crippen LogP contribution in [0.3, 0.4) is 0 Å². The number of aryl methyl sites for hydroxylation is 1. The Kier molecular flexibility index (Phi) is 3.45. The summed E-state index contributed by atoms with van der Waals surface area (Å²) in [4.78, 5) is 12.6. The minimum atomic E-state index is -0.318. The van der Waals surface area contributed by atoms with Gasteiger partial charge in [-0.2, -0.15) is 0 Å². The van der Waals surface area contributed by atoms with E-state index in [9.17, 15) is 4.79 Å². The molecule has 0 atom stereocenters. The molecule has 1 heterocycles. The molecule has 0 aliphatic rings. The van der Waals surface area contributed by atoms with Gasteiger partial charge in [-0.3, -0.25) is 0 Å². The topological polar surface area (TPSA) is 46.5 Å². The van der Waals surface area contributed by atoms with E-state index in [1.165, 1.54) is 18.4 Å². The average molecular weight is 200 g/mol. The Hall–Kier alpha value is -0.870. The van der Waals surface area contributed by atoms with E-state index in [4.69, 9.17) is 5.11 Å². The van der Waals surface area contributed by atoms with E-state index < -0.39 is 0 Å². The lowest BCUT2D eigenvalue weighted by Gasteiger charge is -1.97. The van der Waals surface area contributed by atoms with Crippen molar-refractivity contribution in [2.75, 3.05) is 7.11 Å². The maximum atomic E-state index is 11.2. The normalized spacial score (nSPS) is 10.1. The van der Waals surface area contributed by atoms with Gasteiger partial charge < -0.3 is 9.84 Å². The highest BCUT2D eigenvalue weighted by Crippen LogP contribution is 2.23. The molecule has 0 amide bonds. The molecule has 0 aliphatic carbocycles. The average Bonchev–Trinajstić information content (AvgIpc) is 2.59. The number of esters is 1. The highest BCUT2D eigenvalue weighted by atomic mass is 32.1. The summed E-state index contributed by atoms with van der Waals surface area (Å²) in [6, 6.07) is 1.84. The number of aliphatic hydroxyl groups excluding tert-OH is 1. The molecule has 1 N–H and O–H groups in total. The van der Waals surface area contributed by atoms with E-state index in [-0.39, 0.29) is 12.6 Å². The van der Waals surface area contributed by atoms with Crippen molar-refractivity contribution in [3.8, 4) is 0 Å². The number of ether oxygens (including phenoxy) is 1. The number of thiophene rings is 1. The zero-order valence-corrected chi connectivity index (χ0v) is 8.48. The first kappa shape index (κ1) is 10.2. The fourth-order valence-corrected chi connectivity index (χ4v) is 2.12. The smallest absolute Gasteiger partial charge is 0.348 e. The zero-order valence-electron chi connectivity index (χ0n) is 7.66. The molecule has 0 fully saturated rings. The number of methoxy groups -OCH3 is 1. The van der Waals surface area contributed by atoms with Crippen molar-refractivity contribution < 1.29 is 14.6 Å². The Morgan fingerprint density at radius 2 is 2.38 bits per heavy atom. The Morgan fingerprint density at radius 1 is 1.69 bits per heavy atom. The van der Waals surface area contributed by atoms with E-state index in [0.29, 0.717) is 4.88 Å². The standard InChI is InChI=1S/C9H12O3S/c1-3-6-4-7(5-10)13-8(6)9(11)12-2/h4,10H,3,5H2,1-2H3. The molecule has 1 aromatic heterocycles. The summed E-state index contributed by atoms with van der Waals surface area (Å²) >= 11 is 1.29. The summed E-state index contributed by atoms with van der Waals surface area (Å²) in [5, 5.41) is 8.88. The van der Waals surface area contributed by atoms with Gasteiger partial charge >= 0.3 is 5.97 Å². The van der Waals surface area contributed by atoms with Crippen molar-refractivity contribution >= 4 is 17.3 Å². The van der Waals surface area contributed by atoms with Crippen LogP contribution in [0.25, 0.3) is 0 Å². The zero-order chi connectivity index (χ0) is 9.84. The van der Waals surface area contributed by atoms with Gasteiger partial charge in [0, 0.05) is 4.88 Å². The second-order valence-electron chi connectivity index (χ2n) is 2.57. The fraction of sp³-hybridized carbons (Fsp3) is 0.444. The molecule has 0 radical (unpaired) electrons. The van der Waals surface area contributed by atoms with E-state index in [2.05, 4.69) is 4.74 Å². The van der Waals surface area contributed by atoms with E-state index in [1.807, 2.05) is 13.0 Å². The monoisotopic (exact) mass is 200 g/mol. The molecule has 1 aromatic rings. The number of carbonyl (C=O) groups excluding carboxylic acids is 1. The van der Waals surface area contributed by atoms with Gasteiger partial charge in [-0.15, -0.1) is 11.3 Å². The molecule has 0 aliphatic heterocycles. The summed E-state index contributed by atoms with van der Waals surface area (Å²) in [6.07, 6.45) is 0.779. The number of hydrogen-bond donors (Lipinski definition) is 1. The van der Waals surface area contributed by atoms with Crippen LogP contribution in [0.15, 0.2) is 6.07 Å². The van der Waals surface area contributed by atoms with E-state index in [0.717, 1.165) is 16.9 Å².